The lowest BCUT2D eigenvalue weighted by molar-refractivity contribution is -0.384. The minimum Gasteiger partial charge on any atom is -0.369 e. The summed E-state index contributed by atoms with van der Waals surface area (Å²) in [7, 11) is 0. The molecule has 0 bridgehead atoms. The molecule has 0 unspecified atom stereocenters. The highest BCUT2D eigenvalue weighted by Crippen LogP contribution is 2.25. The number of hydrogen-bond acceptors (Lipinski definition) is 4. The zero-order chi connectivity index (χ0) is 14.3. The Morgan fingerprint density at radius 1 is 1.47 bits per heavy atom. The van der Waals surface area contributed by atoms with Crippen molar-refractivity contribution in [2.24, 2.45) is 0 Å². The molecular formula is C13H15N3O3. The van der Waals surface area contributed by atoms with Crippen LogP contribution in [0.2, 0.25) is 0 Å². The van der Waals surface area contributed by atoms with Gasteiger partial charge in [-0.1, -0.05) is 5.92 Å². The Balaban J connectivity index is 3.05. The molecule has 2 N–H and O–H groups in total. The molecule has 1 aromatic rings. The topological polar surface area (TPSA) is 84.3 Å². The van der Waals surface area contributed by atoms with Gasteiger partial charge in [0.05, 0.1) is 11.5 Å². The molecule has 0 saturated carbocycles. The normalized spacial score (nSPS) is 9.16. The molecule has 0 atom stereocenters. The van der Waals surface area contributed by atoms with Crippen molar-refractivity contribution in [3.05, 3.63) is 33.9 Å². The summed E-state index contributed by atoms with van der Waals surface area (Å²) in [6.45, 7) is 4.27. The van der Waals surface area contributed by atoms with E-state index >= 15 is 0 Å². The molecule has 1 rings (SSSR count). The lowest BCUT2D eigenvalue weighted by atomic mass is 10.1. The summed E-state index contributed by atoms with van der Waals surface area (Å²) in [5.74, 6) is 5.17. The second-order valence-electron chi connectivity index (χ2n) is 3.63. The molecule has 0 heterocycles. The van der Waals surface area contributed by atoms with Crippen molar-refractivity contribution in [1.29, 1.82) is 0 Å². The number of nitrogens with zero attached hydrogens (tertiary/aromatic N) is 1. The number of benzene rings is 1. The summed E-state index contributed by atoms with van der Waals surface area (Å²) in [6, 6.07) is 4.20. The van der Waals surface area contributed by atoms with Crippen molar-refractivity contribution in [3.63, 3.8) is 0 Å². The third-order valence-corrected chi connectivity index (χ3v) is 2.34. The quantitative estimate of drug-likeness (QED) is 0.480. The van der Waals surface area contributed by atoms with E-state index in [1.165, 1.54) is 18.2 Å². The average molecular weight is 261 g/mol. The van der Waals surface area contributed by atoms with Crippen molar-refractivity contribution in [1.82, 2.24) is 5.32 Å². The van der Waals surface area contributed by atoms with Gasteiger partial charge in [-0.2, -0.15) is 0 Å². The van der Waals surface area contributed by atoms with Gasteiger partial charge in [-0.05, 0) is 26.0 Å². The van der Waals surface area contributed by atoms with Gasteiger partial charge >= 0.3 is 0 Å². The van der Waals surface area contributed by atoms with Crippen molar-refractivity contribution >= 4 is 17.3 Å². The van der Waals surface area contributed by atoms with Gasteiger partial charge in [0.1, 0.15) is 5.69 Å². The van der Waals surface area contributed by atoms with Gasteiger partial charge in [0.2, 0.25) is 0 Å². The number of nitro benzene ring substituents is 1. The summed E-state index contributed by atoms with van der Waals surface area (Å²) in [4.78, 5) is 22.1. The Bertz CT molecular complexity index is 544. The summed E-state index contributed by atoms with van der Waals surface area (Å²) in [6.07, 6.45) is 0. The highest BCUT2D eigenvalue weighted by Gasteiger charge is 2.16. The third kappa shape index (κ3) is 4.00. The monoisotopic (exact) mass is 261 g/mol. The van der Waals surface area contributed by atoms with E-state index in [2.05, 4.69) is 22.5 Å². The summed E-state index contributed by atoms with van der Waals surface area (Å²) >= 11 is 0. The van der Waals surface area contributed by atoms with E-state index in [1.807, 2.05) is 0 Å². The van der Waals surface area contributed by atoms with Crippen LogP contribution in [0, 0.1) is 22.0 Å². The predicted octanol–water partition coefficient (Wildman–Crippen LogP) is 1.78. The molecule has 6 heteroatoms. The van der Waals surface area contributed by atoms with Crippen LogP contribution in [0.15, 0.2) is 18.2 Å². The van der Waals surface area contributed by atoms with Crippen LogP contribution in [-0.2, 0) is 0 Å². The molecule has 0 aromatic heterocycles. The number of anilines is 1. The number of rotatable bonds is 5. The highest BCUT2D eigenvalue weighted by molar-refractivity contribution is 5.95. The molecule has 0 fully saturated rings. The van der Waals surface area contributed by atoms with Crippen LogP contribution in [0.4, 0.5) is 11.4 Å². The van der Waals surface area contributed by atoms with Crippen molar-refractivity contribution in [3.8, 4) is 11.8 Å². The van der Waals surface area contributed by atoms with Gasteiger partial charge in [0.25, 0.3) is 11.6 Å². The van der Waals surface area contributed by atoms with Crippen LogP contribution in [0.25, 0.3) is 0 Å². The molecule has 1 aromatic carbocycles. The Kier molecular flexibility index (Phi) is 5.35. The van der Waals surface area contributed by atoms with E-state index in [0.29, 0.717) is 12.1 Å². The molecule has 0 spiro atoms. The SMILES string of the molecule is CC#CCNc1cc(C(=O)NCC)ccc1[N+](=O)[O-]. The number of carbonyl (C=O) groups is 1. The zero-order valence-electron chi connectivity index (χ0n) is 10.8. The van der Waals surface area contributed by atoms with E-state index in [9.17, 15) is 14.9 Å². The lowest BCUT2D eigenvalue weighted by Crippen LogP contribution is -2.22. The predicted molar refractivity (Wildman–Crippen MR) is 73.0 cm³/mol. The van der Waals surface area contributed by atoms with Crippen LogP contribution < -0.4 is 10.6 Å². The summed E-state index contributed by atoms with van der Waals surface area (Å²) < 4.78 is 0. The standard InChI is InChI=1S/C13H15N3O3/c1-3-5-8-15-11-9-10(13(17)14-4-2)6-7-12(11)16(18)19/h6-7,9,15H,4,8H2,1-2H3,(H,14,17). The van der Waals surface area contributed by atoms with Gasteiger partial charge in [0.15, 0.2) is 0 Å². The van der Waals surface area contributed by atoms with Crippen LogP contribution in [0.3, 0.4) is 0 Å². The number of amides is 1. The smallest absolute Gasteiger partial charge is 0.292 e. The third-order valence-electron chi connectivity index (χ3n) is 2.34. The van der Waals surface area contributed by atoms with Crippen molar-refractivity contribution < 1.29 is 9.72 Å². The first-order chi connectivity index (χ1) is 9.10. The molecule has 0 radical (unpaired) electrons. The molecular weight excluding hydrogens is 246 g/mol. The van der Waals surface area contributed by atoms with Crippen LogP contribution >= 0.6 is 0 Å². The highest BCUT2D eigenvalue weighted by atomic mass is 16.6. The first-order valence-electron chi connectivity index (χ1n) is 5.80. The molecule has 6 nitrogen and oxygen atoms in total. The average Bonchev–Trinajstić information content (AvgIpc) is 2.39. The maximum Gasteiger partial charge on any atom is 0.292 e. The fourth-order valence-electron chi connectivity index (χ4n) is 1.47. The van der Waals surface area contributed by atoms with Gasteiger partial charge in [-0.3, -0.25) is 14.9 Å². The first kappa shape index (κ1) is 14.5. The fourth-order valence-corrected chi connectivity index (χ4v) is 1.47. The van der Waals surface area contributed by atoms with Crippen molar-refractivity contribution in [2.75, 3.05) is 18.4 Å². The Hall–Kier alpha value is -2.55. The Morgan fingerprint density at radius 3 is 2.79 bits per heavy atom. The molecule has 0 aliphatic rings. The lowest BCUT2D eigenvalue weighted by Gasteiger charge is -2.07. The van der Waals surface area contributed by atoms with E-state index in [-0.39, 0.29) is 23.8 Å². The van der Waals surface area contributed by atoms with Gasteiger partial charge < -0.3 is 10.6 Å². The van der Waals surface area contributed by atoms with Crippen molar-refractivity contribution in [2.45, 2.75) is 13.8 Å². The Morgan fingerprint density at radius 2 is 2.21 bits per heavy atom. The maximum absolute atomic E-state index is 11.7. The largest absolute Gasteiger partial charge is 0.369 e. The summed E-state index contributed by atoms with van der Waals surface area (Å²) in [5, 5.41) is 16.4. The molecule has 1 amide bonds. The zero-order valence-corrected chi connectivity index (χ0v) is 10.8. The molecule has 0 aliphatic carbocycles. The number of carbonyl (C=O) groups excluding carboxylic acids is 1. The van der Waals surface area contributed by atoms with Crippen LogP contribution in [-0.4, -0.2) is 23.9 Å². The molecule has 100 valence electrons. The van der Waals surface area contributed by atoms with Gasteiger partial charge in [0, 0.05) is 18.2 Å². The van der Waals surface area contributed by atoms with E-state index < -0.39 is 4.92 Å². The van der Waals surface area contributed by atoms with E-state index in [0.717, 1.165) is 0 Å². The second-order valence-corrected chi connectivity index (χ2v) is 3.63. The van der Waals surface area contributed by atoms with Crippen LogP contribution in [0.5, 0.6) is 0 Å². The van der Waals surface area contributed by atoms with Crippen LogP contribution in [0.1, 0.15) is 24.2 Å². The minimum atomic E-state index is -0.497. The molecule has 0 saturated heterocycles. The number of nitro groups is 1. The molecule has 19 heavy (non-hydrogen) atoms. The number of nitrogens with one attached hydrogen (secondary N) is 2. The minimum absolute atomic E-state index is 0.0778. The van der Waals surface area contributed by atoms with E-state index in [1.54, 1.807) is 13.8 Å². The first-order valence-corrected chi connectivity index (χ1v) is 5.80. The number of hydrogen-bond donors (Lipinski definition) is 2. The van der Waals surface area contributed by atoms with Gasteiger partial charge in [-0.15, -0.1) is 5.92 Å². The van der Waals surface area contributed by atoms with Gasteiger partial charge in [-0.25, -0.2) is 0 Å². The molecule has 0 aliphatic heterocycles. The Labute approximate surface area is 111 Å². The fraction of sp³-hybridized carbons (Fsp3) is 0.308. The summed E-state index contributed by atoms with van der Waals surface area (Å²) in [5.41, 5.74) is 0.585. The van der Waals surface area contributed by atoms with E-state index in [4.69, 9.17) is 0 Å². The maximum atomic E-state index is 11.7. The second kappa shape index (κ2) is 7.01.